The molecule has 3 rings (SSSR count). The Morgan fingerprint density at radius 1 is 1.00 bits per heavy atom. The Labute approximate surface area is 194 Å². The number of amides is 1. The third-order valence-corrected chi connectivity index (χ3v) is 4.40. The van der Waals surface area contributed by atoms with E-state index < -0.39 is 0 Å². The number of nitrogens with one attached hydrogen (secondary N) is 1. The van der Waals surface area contributed by atoms with Gasteiger partial charge in [0.2, 0.25) is 0 Å². The molecule has 0 aromatic heterocycles. The SMILES string of the molecule is CC.CC.CC.O=C1CCC1.[CH2-]C(=O)N(C1[CH-]CCC1)C1CCNCC1.[Y]. The van der Waals surface area contributed by atoms with Crippen LogP contribution in [-0.2, 0) is 42.3 Å². The van der Waals surface area contributed by atoms with E-state index in [0.717, 1.165) is 58.0 Å². The van der Waals surface area contributed by atoms with Crippen LogP contribution in [-0.4, -0.2) is 41.8 Å². The molecule has 3 aliphatic rings. The third kappa shape index (κ3) is 13.8. The largest absolute Gasteiger partial charge is 0.391 e. The Balaban J connectivity index is -0.000000403. The minimum atomic E-state index is 0. The first-order valence-corrected chi connectivity index (χ1v) is 10.9. The van der Waals surface area contributed by atoms with Gasteiger partial charge in [0.05, 0.1) is 5.91 Å². The van der Waals surface area contributed by atoms with Crippen molar-refractivity contribution >= 4 is 11.7 Å². The molecule has 1 radical (unpaired) electrons. The summed E-state index contributed by atoms with van der Waals surface area (Å²) in [6, 6.07) is 0.772. The molecule has 1 heterocycles. The maximum atomic E-state index is 11.6. The first-order chi connectivity index (χ1) is 12.7. The van der Waals surface area contributed by atoms with Gasteiger partial charge in [-0.3, -0.25) is 4.79 Å². The Bertz CT molecular complexity index is 333. The van der Waals surface area contributed by atoms with Crippen LogP contribution in [0.5, 0.6) is 0 Å². The van der Waals surface area contributed by atoms with Crippen LogP contribution in [0.2, 0.25) is 0 Å². The fourth-order valence-electron chi connectivity index (χ4n) is 3.07. The van der Waals surface area contributed by atoms with E-state index in [0.29, 0.717) is 17.9 Å². The van der Waals surface area contributed by atoms with Gasteiger partial charge in [-0.25, -0.2) is 0 Å². The maximum absolute atomic E-state index is 11.6. The van der Waals surface area contributed by atoms with E-state index in [1.165, 1.54) is 6.42 Å². The molecule has 1 amide bonds. The number of hydrogen-bond acceptors (Lipinski definition) is 3. The van der Waals surface area contributed by atoms with Crippen LogP contribution in [0.1, 0.15) is 92.9 Å². The Kier molecular flexibility index (Phi) is 26.3. The average molecular weight is 458 g/mol. The molecule has 2 saturated carbocycles. The number of carbonyl (C=O) groups excluding carboxylic acids is 2. The van der Waals surface area contributed by atoms with Crippen molar-refractivity contribution in [2.24, 2.45) is 0 Å². The predicted molar refractivity (Wildman–Crippen MR) is 113 cm³/mol. The molecule has 0 spiro atoms. The fraction of sp³-hybridized carbons (Fsp3) is 0.818. The zero-order chi connectivity index (χ0) is 20.4. The number of rotatable bonds is 2. The molecule has 2 aliphatic carbocycles. The van der Waals surface area contributed by atoms with Gasteiger partial charge < -0.3 is 28.4 Å². The van der Waals surface area contributed by atoms with Crippen LogP contribution in [0.4, 0.5) is 0 Å². The fourth-order valence-corrected chi connectivity index (χ4v) is 3.07. The van der Waals surface area contributed by atoms with E-state index in [1.807, 2.05) is 46.4 Å². The van der Waals surface area contributed by atoms with Crippen LogP contribution in [0.3, 0.4) is 0 Å². The molecule has 1 saturated heterocycles. The Morgan fingerprint density at radius 2 is 1.48 bits per heavy atom. The number of piperidine rings is 1. The minimum absolute atomic E-state index is 0. The molecule has 5 heteroatoms. The zero-order valence-electron chi connectivity index (χ0n) is 18.9. The van der Waals surface area contributed by atoms with E-state index in [1.54, 1.807) is 0 Å². The summed E-state index contributed by atoms with van der Waals surface area (Å²) >= 11 is 0. The smallest absolute Gasteiger partial charge is 0.132 e. The van der Waals surface area contributed by atoms with Crippen molar-refractivity contribution in [1.29, 1.82) is 0 Å². The molecule has 0 bridgehead atoms. The van der Waals surface area contributed by atoms with Gasteiger partial charge in [-0.05, 0) is 32.4 Å². The number of hydrogen-bond donors (Lipinski definition) is 1. The molecule has 0 aromatic carbocycles. The summed E-state index contributed by atoms with van der Waals surface area (Å²) in [6.45, 7) is 17.7. The second-order valence-corrected chi connectivity index (χ2v) is 5.91. The first kappa shape index (κ1) is 31.8. The van der Waals surface area contributed by atoms with Crippen molar-refractivity contribution < 1.29 is 42.3 Å². The molecule has 1 aliphatic heterocycles. The average Bonchev–Trinajstić information content (AvgIpc) is 3.20. The van der Waals surface area contributed by atoms with Crippen molar-refractivity contribution in [2.45, 2.75) is 105 Å². The Hall–Kier alpha value is 0.0739. The van der Waals surface area contributed by atoms with Gasteiger partial charge in [-0.2, -0.15) is 6.42 Å². The normalized spacial score (nSPS) is 20.2. The summed E-state index contributed by atoms with van der Waals surface area (Å²) in [4.78, 5) is 23.5. The summed E-state index contributed by atoms with van der Waals surface area (Å²) in [5, 5.41) is 3.33. The zero-order valence-corrected chi connectivity index (χ0v) is 21.7. The summed E-state index contributed by atoms with van der Waals surface area (Å²) in [5.74, 6) is 0.440. The number of ketones is 1. The predicted octanol–water partition coefficient (Wildman–Crippen LogP) is 4.97. The summed E-state index contributed by atoms with van der Waals surface area (Å²) in [6.07, 6.45) is 10.8. The van der Waals surface area contributed by atoms with Crippen LogP contribution in [0.25, 0.3) is 0 Å². The van der Waals surface area contributed by atoms with E-state index in [4.69, 9.17) is 0 Å². The van der Waals surface area contributed by atoms with Gasteiger partial charge in [0, 0.05) is 51.6 Å². The molecule has 4 nitrogen and oxygen atoms in total. The molecule has 1 atom stereocenters. The summed E-state index contributed by atoms with van der Waals surface area (Å²) in [7, 11) is 0. The van der Waals surface area contributed by atoms with E-state index >= 15 is 0 Å². The van der Waals surface area contributed by atoms with Crippen molar-refractivity contribution in [2.75, 3.05) is 13.1 Å². The topological polar surface area (TPSA) is 49.4 Å². The van der Waals surface area contributed by atoms with E-state index in [-0.39, 0.29) is 38.6 Å². The molecule has 27 heavy (non-hydrogen) atoms. The molecular formula is C22H44N2O2Y-2. The van der Waals surface area contributed by atoms with Gasteiger partial charge in [0.25, 0.3) is 0 Å². The molecule has 3 fully saturated rings. The van der Waals surface area contributed by atoms with Crippen LogP contribution < -0.4 is 5.32 Å². The van der Waals surface area contributed by atoms with Crippen molar-refractivity contribution in [1.82, 2.24) is 10.2 Å². The van der Waals surface area contributed by atoms with Gasteiger partial charge >= 0.3 is 0 Å². The number of Topliss-reactive ketones (excluding diaryl/α,β-unsaturated/α-hetero) is 1. The van der Waals surface area contributed by atoms with Crippen LogP contribution in [0.15, 0.2) is 0 Å². The standard InChI is InChI=1S/C12H20N2O.C4H6O.3C2H6.Y/c1-10(15)14(11-4-2-3-5-11)12-6-8-13-9-7-12;5-4-2-1-3-4;3*1-2;/h4,11-13H,1-3,5-9H2;1-3H2;3*1-2H3;/q-2;;;;;. The monoisotopic (exact) mass is 457 g/mol. The maximum Gasteiger partial charge on any atom is 0.132 e. The van der Waals surface area contributed by atoms with Gasteiger partial charge in [-0.1, -0.05) is 60.4 Å². The summed E-state index contributed by atoms with van der Waals surface area (Å²) in [5.41, 5.74) is 0. The Morgan fingerprint density at radius 3 is 1.78 bits per heavy atom. The van der Waals surface area contributed by atoms with Gasteiger partial charge in [0.15, 0.2) is 0 Å². The third-order valence-electron chi connectivity index (χ3n) is 4.40. The minimum Gasteiger partial charge on any atom is -0.391 e. The first-order valence-electron chi connectivity index (χ1n) is 10.9. The quantitative estimate of drug-likeness (QED) is 0.596. The van der Waals surface area contributed by atoms with Gasteiger partial charge in [0.1, 0.15) is 5.78 Å². The van der Waals surface area contributed by atoms with Crippen molar-refractivity contribution in [3.63, 3.8) is 0 Å². The van der Waals surface area contributed by atoms with Crippen LogP contribution >= 0.6 is 0 Å². The van der Waals surface area contributed by atoms with Crippen molar-refractivity contribution in [3.8, 4) is 0 Å². The van der Waals surface area contributed by atoms with E-state index in [9.17, 15) is 9.59 Å². The molecule has 1 N–H and O–H groups in total. The summed E-state index contributed by atoms with van der Waals surface area (Å²) < 4.78 is 0. The molecular weight excluding hydrogens is 413 g/mol. The van der Waals surface area contributed by atoms with Crippen molar-refractivity contribution in [3.05, 3.63) is 13.3 Å². The van der Waals surface area contributed by atoms with E-state index in [2.05, 4.69) is 18.7 Å². The molecule has 1 unspecified atom stereocenters. The molecule has 159 valence electrons. The second-order valence-electron chi connectivity index (χ2n) is 5.91. The van der Waals surface area contributed by atoms with Crippen LogP contribution in [0, 0.1) is 13.3 Å². The molecule has 0 aromatic rings. The number of carbonyl (C=O) groups is 2. The van der Waals surface area contributed by atoms with Gasteiger partial charge in [-0.15, -0.1) is 0 Å². The second kappa shape index (κ2) is 22.4. The number of nitrogens with zero attached hydrogens (tertiary/aromatic N) is 1.